The highest BCUT2D eigenvalue weighted by Crippen LogP contribution is 2.05. The number of hydrogen-bond donors (Lipinski definition) is 1. The number of carbonyl (C=O) groups excluding carboxylic acids is 1. The minimum atomic E-state index is -0.291. The summed E-state index contributed by atoms with van der Waals surface area (Å²) in [6, 6.07) is 0. The third-order valence-electron chi connectivity index (χ3n) is 1.36. The van der Waals surface area contributed by atoms with Crippen LogP contribution in [0.1, 0.15) is 6.42 Å². The van der Waals surface area contributed by atoms with Gasteiger partial charge in [0.2, 0.25) is 5.91 Å². The highest BCUT2D eigenvalue weighted by Gasteiger charge is 2.15. The molecule has 11 heavy (non-hydrogen) atoms. The predicted octanol–water partition coefficient (Wildman–Crippen LogP) is 0.188. The summed E-state index contributed by atoms with van der Waals surface area (Å²) in [7, 11) is 0. The topological polar surface area (TPSA) is 65.2 Å². The Hall–Kier alpha value is -1.63. The molecule has 0 saturated heterocycles. The molecular formula is C7H7N3O. The van der Waals surface area contributed by atoms with Crippen molar-refractivity contribution in [2.45, 2.75) is 6.42 Å². The number of carbonyl (C=O) groups is 1. The lowest BCUT2D eigenvalue weighted by atomic mass is 10.1. The van der Waals surface area contributed by atoms with Crippen molar-refractivity contribution in [3.8, 4) is 6.19 Å². The molecule has 1 amide bonds. The third kappa shape index (κ3) is 1.90. The maximum atomic E-state index is 10.9. The van der Waals surface area contributed by atoms with Crippen LogP contribution in [0.15, 0.2) is 17.3 Å². The number of allylic oxidation sites excluding steroid dienone is 1. The van der Waals surface area contributed by atoms with Gasteiger partial charge in [-0.1, -0.05) is 6.08 Å². The zero-order valence-corrected chi connectivity index (χ0v) is 5.82. The van der Waals surface area contributed by atoms with Crippen LogP contribution >= 0.6 is 0 Å². The highest BCUT2D eigenvalue weighted by atomic mass is 16.1. The SMILES string of the molecule is N#CNC(=O)C1C=NC=CC1. The first-order valence-electron chi connectivity index (χ1n) is 3.22. The Morgan fingerprint density at radius 2 is 2.64 bits per heavy atom. The predicted molar refractivity (Wildman–Crippen MR) is 39.5 cm³/mol. The van der Waals surface area contributed by atoms with Crippen LogP contribution < -0.4 is 5.32 Å². The Morgan fingerprint density at radius 3 is 3.18 bits per heavy atom. The molecule has 0 saturated carbocycles. The maximum absolute atomic E-state index is 10.9. The zero-order chi connectivity index (χ0) is 8.10. The van der Waals surface area contributed by atoms with E-state index in [1.54, 1.807) is 18.5 Å². The first kappa shape index (κ1) is 7.48. The van der Waals surface area contributed by atoms with Crippen LogP contribution in [0, 0.1) is 17.4 Å². The fourth-order valence-corrected chi connectivity index (χ4v) is 0.805. The molecule has 0 radical (unpaired) electrons. The normalized spacial score (nSPS) is 20.8. The van der Waals surface area contributed by atoms with E-state index in [0.29, 0.717) is 6.42 Å². The number of rotatable bonds is 1. The van der Waals surface area contributed by atoms with E-state index in [-0.39, 0.29) is 11.8 Å². The molecule has 56 valence electrons. The lowest BCUT2D eigenvalue weighted by molar-refractivity contribution is -0.121. The molecule has 0 aromatic rings. The first-order chi connectivity index (χ1) is 5.34. The second kappa shape index (κ2) is 3.52. The molecule has 1 heterocycles. The van der Waals surface area contributed by atoms with E-state index in [2.05, 4.69) is 10.3 Å². The fourth-order valence-electron chi connectivity index (χ4n) is 0.805. The minimum Gasteiger partial charge on any atom is -0.273 e. The van der Waals surface area contributed by atoms with Crippen LogP contribution in [-0.4, -0.2) is 12.1 Å². The second-order valence-corrected chi connectivity index (χ2v) is 2.13. The number of hydrogen-bond acceptors (Lipinski definition) is 3. The molecule has 1 aliphatic heterocycles. The van der Waals surface area contributed by atoms with E-state index in [9.17, 15) is 4.79 Å². The van der Waals surface area contributed by atoms with Gasteiger partial charge in [0.15, 0.2) is 6.19 Å². The summed E-state index contributed by atoms with van der Waals surface area (Å²) in [5, 5.41) is 10.2. The summed E-state index contributed by atoms with van der Waals surface area (Å²) in [6.45, 7) is 0. The van der Waals surface area contributed by atoms with Crippen LogP contribution in [-0.2, 0) is 4.79 Å². The Labute approximate surface area is 64.2 Å². The fraction of sp³-hybridized carbons (Fsp3) is 0.286. The van der Waals surface area contributed by atoms with E-state index in [0.717, 1.165) is 0 Å². The summed E-state index contributed by atoms with van der Waals surface area (Å²) >= 11 is 0. The average Bonchev–Trinajstić information content (AvgIpc) is 2.07. The molecule has 1 unspecified atom stereocenters. The molecule has 0 aliphatic carbocycles. The van der Waals surface area contributed by atoms with Crippen LogP contribution in [0.4, 0.5) is 0 Å². The van der Waals surface area contributed by atoms with Gasteiger partial charge in [0.05, 0.1) is 5.92 Å². The lowest BCUT2D eigenvalue weighted by Crippen LogP contribution is -2.28. The summed E-state index contributed by atoms with van der Waals surface area (Å²) in [6.07, 6.45) is 7.16. The maximum Gasteiger partial charge on any atom is 0.241 e. The molecule has 0 spiro atoms. The molecule has 0 aromatic heterocycles. The van der Waals surface area contributed by atoms with Gasteiger partial charge in [0, 0.05) is 12.4 Å². The molecule has 1 atom stereocenters. The van der Waals surface area contributed by atoms with E-state index in [4.69, 9.17) is 5.26 Å². The van der Waals surface area contributed by atoms with E-state index < -0.39 is 0 Å². The smallest absolute Gasteiger partial charge is 0.241 e. The molecule has 0 aromatic carbocycles. The summed E-state index contributed by atoms with van der Waals surface area (Å²) in [5.41, 5.74) is 0. The first-order valence-corrected chi connectivity index (χ1v) is 3.22. The van der Waals surface area contributed by atoms with Crippen molar-refractivity contribution in [3.63, 3.8) is 0 Å². The molecule has 0 fully saturated rings. The summed E-state index contributed by atoms with van der Waals surface area (Å²) in [5.74, 6) is -0.569. The minimum absolute atomic E-state index is 0.278. The monoisotopic (exact) mass is 149 g/mol. The van der Waals surface area contributed by atoms with Crippen molar-refractivity contribution in [1.82, 2.24) is 5.32 Å². The van der Waals surface area contributed by atoms with Gasteiger partial charge in [-0.15, -0.1) is 0 Å². The molecule has 1 N–H and O–H groups in total. The largest absolute Gasteiger partial charge is 0.273 e. The summed E-state index contributed by atoms with van der Waals surface area (Å²) < 4.78 is 0. The van der Waals surface area contributed by atoms with Gasteiger partial charge in [0.1, 0.15) is 0 Å². The van der Waals surface area contributed by atoms with E-state index in [1.165, 1.54) is 6.21 Å². The second-order valence-electron chi connectivity index (χ2n) is 2.13. The molecular weight excluding hydrogens is 142 g/mol. The molecule has 4 nitrogen and oxygen atoms in total. The van der Waals surface area contributed by atoms with Gasteiger partial charge in [-0.3, -0.25) is 15.1 Å². The number of nitrogens with one attached hydrogen (secondary N) is 1. The van der Waals surface area contributed by atoms with Crippen molar-refractivity contribution < 1.29 is 4.79 Å². The van der Waals surface area contributed by atoms with Crippen molar-refractivity contribution in [2.75, 3.05) is 0 Å². The van der Waals surface area contributed by atoms with Crippen molar-refractivity contribution in [3.05, 3.63) is 12.3 Å². The Morgan fingerprint density at radius 1 is 1.82 bits per heavy atom. The number of nitriles is 1. The van der Waals surface area contributed by atoms with E-state index in [1.807, 2.05) is 0 Å². The number of aliphatic imine (C=N–C) groups is 1. The van der Waals surface area contributed by atoms with Crippen molar-refractivity contribution in [1.29, 1.82) is 5.26 Å². The molecule has 1 rings (SSSR count). The lowest BCUT2D eigenvalue weighted by Gasteiger charge is -2.07. The van der Waals surface area contributed by atoms with E-state index >= 15 is 0 Å². The van der Waals surface area contributed by atoms with Gasteiger partial charge in [0.25, 0.3) is 0 Å². The van der Waals surface area contributed by atoms with Crippen LogP contribution in [0.5, 0.6) is 0 Å². The zero-order valence-electron chi connectivity index (χ0n) is 5.82. The molecule has 0 bridgehead atoms. The number of amides is 1. The standard InChI is InChI=1S/C7H7N3O/c8-5-10-7(11)6-2-1-3-9-4-6/h1,3-4,6H,2H2,(H,10,11). The van der Waals surface area contributed by atoms with Crippen molar-refractivity contribution in [2.24, 2.45) is 10.9 Å². The Kier molecular flexibility index (Phi) is 2.39. The van der Waals surface area contributed by atoms with Gasteiger partial charge in [-0.2, -0.15) is 5.26 Å². The van der Waals surface area contributed by atoms with Gasteiger partial charge < -0.3 is 0 Å². The average molecular weight is 149 g/mol. The highest BCUT2D eigenvalue weighted by molar-refractivity contribution is 5.94. The van der Waals surface area contributed by atoms with Crippen molar-refractivity contribution >= 4 is 12.1 Å². The molecule has 1 aliphatic rings. The van der Waals surface area contributed by atoms with Crippen LogP contribution in [0.3, 0.4) is 0 Å². The quantitative estimate of drug-likeness (QED) is 0.427. The van der Waals surface area contributed by atoms with Crippen LogP contribution in [0.2, 0.25) is 0 Å². The molecule has 4 heteroatoms. The number of nitrogens with zero attached hydrogens (tertiary/aromatic N) is 2. The summed E-state index contributed by atoms with van der Waals surface area (Å²) in [4.78, 5) is 14.7. The van der Waals surface area contributed by atoms with Gasteiger partial charge in [-0.25, -0.2) is 0 Å². The third-order valence-corrected chi connectivity index (χ3v) is 1.36. The Bertz CT molecular complexity index is 249. The van der Waals surface area contributed by atoms with Gasteiger partial charge >= 0.3 is 0 Å². The van der Waals surface area contributed by atoms with Crippen LogP contribution in [0.25, 0.3) is 0 Å². The Balaban J connectivity index is 2.50. The van der Waals surface area contributed by atoms with Gasteiger partial charge in [-0.05, 0) is 6.42 Å².